The van der Waals surface area contributed by atoms with Crippen LogP contribution in [0.15, 0.2) is 36.5 Å². The SMILES string of the molecule is C[N+](CCN)(CCN)CCC[C@H](N)C(=O)N[C@@H](CC1CCCC1)C(=O)Nc1cnc2ccccc2c1. The third kappa shape index (κ3) is 8.23. The van der Waals surface area contributed by atoms with Crippen molar-refractivity contribution in [1.82, 2.24) is 10.3 Å². The van der Waals surface area contributed by atoms with Crippen molar-refractivity contribution in [2.24, 2.45) is 23.1 Å². The Morgan fingerprint density at radius 2 is 1.78 bits per heavy atom. The third-order valence-corrected chi connectivity index (χ3v) is 7.42. The lowest BCUT2D eigenvalue weighted by Gasteiger charge is -2.34. The van der Waals surface area contributed by atoms with Crippen LogP contribution in [0.2, 0.25) is 0 Å². The van der Waals surface area contributed by atoms with Crippen molar-refractivity contribution in [2.75, 3.05) is 45.1 Å². The van der Waals surface area contributed by atoms with Gasteiger partial charge in [-0.05, 0) is 37.3 Å². The molecule has 0 unspecified atom stereocenters. The van der Waals surface area contributed by atoms with E-state index in [-0.39, 0.29) is 11.8 Å². The molecule has 8 N–H and O–H groups in total. The number of benzene rings is 1. The summed E-state index contributed by atoms with van der Waals surface area (Å²) in [7, 11) is 2.13. The smallest absolute Gasteiger partial charge is 0.247 e. The molecule has 198 valence electrons. The molecule has 2 amide bonds. The van der Waals surface area contributed by atoms with E-state index in [9.17, 15) is 9.59 Å². The summed E-state index contributed by atoms with van der Waals surface area (Å²) in [5, 5.41) is 6.87. The number of aromatic nitrogens is 1. The van der Waals surface area contributed by atoms with E-state index in [2.05, 4.69) is 22.7 Å². The van der Waals surface area contributed by atoms with Crippen LogP contribution in [0.3, 0.4) is 0 Å². The Bertz CT molecular complexity index is 987. The number of hydrogen-bond donors (Lipinski definition) is 5. The predicted molar refractivity (Wildman–Crippen MR) is 145 cm³/mol. The van der Waals surface area contributed by atoms with Gasteiger partial charge < -0.3 is 32.3 Å². The van der Waals surface area contributed by atoms with Crippen LogP contribution >= 0.6 is 0 Å². The summed E-state index contributed by atoms with van der Waals surface area (Å²) in [5.74, 6) is -0.0798. The molecule has 1 saturated carbocycles. The number of carbonyl (C=O) groups is 2. The minimum atomic E-state index is -0.671. The van der Waals surface area contributed by atoms with Gasteiger partial charge in [0.15, 0.2) is 0 Å². The lowest BCUT2D eigenvalue weighted by molar-refractivity contribution is -0.907. The zero-order chi connectivity index (χ0) is 26.0. The number of quaternary nitrogens is 1. The lowest BCUT2D eigenvalue weighted by atomic mass is 9.97. The zero-order valence-electron chi connectivity index (χ0n) is 21.6. The minimum absolute atomic E-state index is 0.227. The number of rotatable bonds is 14. The van der Waals surface area contributed by atoms with Gasteiger partial charge in [0, 0.05) is 18.5 Å². The molecule has 2 atom stereocenters. The van der Waals surface area contributed by atoms with Crippen molar-refractivity contribution < 1.29 is 14.1 Å². The van der Waals surface area contributed by atoms with E-state index in [1.54, 1.807) is 6.20 Å². The second-order valence-electron chi connectivity index (χ2n) is 10.5. The number of hydrogen-bond acceptors (Lipinski definition) is 6. The Morgan fingerprint density at radius 3 is 2.47 bits per heavy atom. The predicted octanol–water partition coefficient (Wildman–Crippen LogP) is 1.71. The van der Waals surface area contributed by atoms with Crippen LogP contribution in [0.5, 0.6) is 0 Å². The molecule has 1 aromatic heterocycles. The summed E-state index contributed by atoms with van der Waals surface area (Å²) in [6, 6.07) is 8.36. The highest BCUT2D eigenvalue weighted by Crippen LogP contribution is 2.29. The van der Waals surface area contributed by atoms with Crippen molar-refractivity contribution >= 4 is 28.4 Å². The van der Waals surface area contributed by atoms with Crippen LogP contribution in [0.4, 0.5) is 5.69 Å². The first-order valence-corrected chi connectivity index (χ1v) is 13.3. The second kappa shape index (κ2) is 13.6. The van der Waals surface area contributed by atoms with Crippen molar-refractivity contribution in [3.8, 4) is 0 Å². The molecule has 0 spiro atoms. The molecule has 0 radical (unpaired) electrons. The van der Waals surface area contributed by atoms with Crippen molar-refractivity contribution in [2.45, 2.75) is 57.0 Å². The van der Waals surface area contributed by atoms with E-state index >= 15 is 0 Å². The Balaban J connectivity index is 1.60. The number of nitrogens with one attached hydrogen (secondary N) is 2. The van der Waals surface area contributed by atoms with Crippen LogP contribution in [-0.4, -0.2) is 73.1 Å². The number of para-hydroxylation sites is 1. The van der Waals surface area contributed by atoms with Crippen molar-refractivity contribution in [3.63, 3.8) is 0 Å². The van der Waals surface area contributed by atoms with Gasteiger partial charge in [-0.25, -0.2) is 0 Å². The van der Waals surface area contributed by atoms with Crippen LogP contribution in [-0.2, 0) is 9.59 Å². The number of nitrogens with zero attached hydrogens (tertiary/aromatic N) is 2. The summed E-state index contributed by atoms with van der Waals surface area (Å²) in [6.45, 7) is 3.72. The third-order valence-electron chi connectivity index (χ3n) is 7.42. The summed E-state index contributed by atoms with van der Waals surface area (Å²) in [4.78, 5) is 30.7. The number of nitrogens with two attached hydrogens (primary N) is 3. The maximum Gasteiger partial charge on any atom is 0.247 e. The molecule has 1 aromatic carbocycles. The van der Waals surface area contributed by atoms with E-state index < -0.39 is 12.1 Å². The Hall–Kier alpha value is -2.59. The number of fused-ring (bicyclic) bond motifs is 1. The maximum absolute atomic E-state index is 13.3. The second-order valence-corrected chi connectivity index (χ2v) is 10.5. The van der Waals surface area contributed by atoms with E-state index in [4.69, 9.17) is 17.2 Å². The van der Waals surface area contributed by atoms with E-state index in [1.165, 1.54) is 12.8 Å². The molecule has 9 nitrogen and oxygen atoms in total. The highest BCUT2D eigenvalue weighted by Gasteiger charge is 2.29. The summed E-state index contributed by atoms with van der Waals surface area (Å²) < 4.78 is 0.772. The van der Waals surface area contributed by atoms with Crippen LogP contribution in [0, 0.1) is 5.92 Å². The fraction of sp³-hybridized carbons (Fsp3) is 0.593. The lowest BCUT2D eigenvalue weighted by Crippen LogP contribution is -2.52. The monoisotopic (exact) mass is 498 g/mol. The maximum atomic E-state index is 13.3. The molecule has 0 saturated heterocycles. The minimum Gasteiger partial charge on any atom is -0.343 e. The van der Waals surface area contributed by atoms with Gasteiger partial charge in [0.1, 0.15) is 6.04 Å². The van der Waals surface area contributed by atoms with Gasteiger partial charge in [-0.3, -0.25) is 14.6 Å². The van der Waals surface area contributed by atoms with Gasteiger partial charge in [-0.1, -0.05) is 43.9 Å². The normalized spacial score (nSPS) is 16.1. The molecule has 2 aromatic rings. The quantitative estimate of drug-likeness (QED) is 0.250. The van der Waals surface area contributed by atoms with Crippen LogP contribution in [0.25, 0.3) is 10.9 Å². The molecule has 1 heterocycles. The van der Waals surface area contributed by atoms with E-state index in [0.29, 0.717) is 37.5 Å². The highest BCUT2D eigenvalue weighted by atomic mass is 16.2. The molecular weight excluding hydrogens is 454 g/mol. The summed E-state index contributed by atoms with van der Waals surface area (Å²) in [6.07, 6.45) is 8.11. The van der Waals surface area contributed by atoms with Gasteiger partial charge in [-0.2, -0.15) is 0 Å². The first-order chi connectivity index (χ1) is 17.3. The number of pyridine rings is 1. The van der Waals surface area contributed by atoms with Gasteiger partial charge >= 0.3 is 0 Å². The van der Waals surface area contributed by atoms with Gasteiger partial charge in [0.25, 0.3) is 0 Å². The Labute approximate surface area is 214 Å². The van der Waals surface area contributed by atoms with E-state index in [0.717, 1.165) is 54.3 Å². The molecule has 36 heavy (non-hydrogen) atoms. The molecule has 1 aliphatic rings. The fourth-order valence-corrected chi connectivity index (χ4v) is 5.24. The molecule has 1 fully saturated rings. The molecule has 1 aliphatic carbocycles. The molecule has 9 heteroatoms. The number of anilines is 1. The van der Waals surface area contributed by atoms with E-state index in [1.807, 2.05) is 30.3 Å². The topological polar surface area (TPSA) is 149 Å². The number of likely N-dealkylation sites (N-methyl/N-ethyl adjacent to an activating group) is 1. The average Bonchev–Trinajstić information content (AvgIpc) is 3.37. The Kier molecular flexibility index (Phi) is 10.6. The average molecular weight is 499 g/mol. The Morgan fingerprint density at radius 1 is 1.08 bits per heavy atom. The number of amides is 2. The summed E-state index contributed by atoms with van der Waals surface area (Å²) in [5.41, 5.74) is 19.3. The molecular formula is C27H44N7O2+. The van der Waals surface area contributed by atoms with Crippen LogP contribution < -0.4 is 27.8 Å². The standard InChI is InChI=1S/C27H43N7O2/c1-34(15-12-28,16-13-29)14-6-10-23(30)26(35)33-25(17-20-7-2-3-8-20)27(36)32-22-18-21-9-4-5-11-24(21)31-19-22/h4-5,9,11,18-20,23,25H,2-3,6-8,10,12-17,28-30H2,1H3,(H-,32,33,35,36)/p+1/t23-,25-/m0/s1. The fourth-order valence-electron chi connectivity index (χ4n) is 5.24. The van der Waals surface area contributed by atoms with Crippen molar-refractivity contribution in [3.05, 3.63) is 36.5 Å². The van der Waals surface area contributed by atoms with Crippen LogP contribution in [0.1, 0.15) is 44.9 Å². The van der Waals surface area contributed by atoms with Gasteiger partial charge in [-0.15, -0.1) is 0 Å². The largest absolute Gasteiger partial charge is 0.343 e. The first kappa shape index (κ1) is 28.0. The molecule has 3 rings (SSSR count). The zero-order valence-corrected chi connectivity index (χ0v) is 21.6. The first-order valence-electron chi connectivity index (χ1n) is 13.3. The summed E-state index contributed by atoms with van der Waals surface area (Å²) >= 11 is 0. The molecule has 0 bridgehead atoms. The number of carbonyl (C=O) groups excluding carboxylic acids is 2. The van der Waals surface area contributed by atoms with Gasteiger partial charge in [0.05, 0.1) is 50.1 Å². The van der Waals surface area contributed by atoms with Gasteiger partial charge in [0.2, 0.25) is 11.8 Å². The molecule has 0 aliphatic heterocycles. The van der Waals surface area contributed by atoms with Crippen molar-refractivity contribution in [1.29, 1.82) is 0 Å². The highest BCUT2D eigenvalue weighted by molar-refractivity contribution is 5.98.